The van der Waals surface area contributed by atoms with Crippen molar-refractivity contribution in [1.29, 1.82) is 0 Å². The first-order valence-electron chi connectivity index (χ1n) is 5.61. The maximum atomic E-state index is 12.0. The summed E-state index contributed by atoms with van der Waals surface area (Å²) < 4.78 is 0. The summed E-state index contributed by atoms with van der Waals surface area (Å²) in [5, 5.41) is 7.26. The molecule has 2 aromatic rings. The molecule has 0 radical (unpaired) electrons. The van der Waals surface area contributed by atoms with Crippen LogP contribution >= 0.6 is 11.6 Å². The van der Waals surface area contributed by atoms with E-state index < -0.39 is 0 Å². The van der Waals surface area contributed by atoms with Gasteiger partial charge in [0.25, 0.3) is 0 Å². The highest BCUT2D eigenvalue weighted by Crippen LogP contribution is 2.11. The molecule has 0 fully saturated rings. The van der Waals surface area contributed by atoms with Crippen LogP contribution in [0.3, 0.4) is 0 Å². The van der Waals surface area contributed by atoms with Gasteiger partial charge >= 0.3 is 0 Å². The molecule has 5 heteroatoms. The lowest BCUT2D eigenvalue weighted by Crippen LogP contribution is -2.27. The molecule has 0 aliphatic rings. The van der Waals surface area contributed by atoms with E-state index >= 15 is 0 Å². The summed E-state index contributed by atoms with van der Waals surface area (Å²) in [6.45, 7) is 0.558. The molecule has 1 aromatic heterocycles. The Labute approximate surface area is 111 Å². The lowest BCUT2D eigenvalue weighted by molar-refractivity contribution is -0.129. The Morgan fingerprint density at radius 3 is 2.67 bits per heavy atom. The Bertz CT molecular complexity index is 508. The number of benzene rings is 1. The van der Waals surface area contributed by atoms with Crippen molar-refractivity contribution in [2.75, 3.05) is 7.05 Å². The van der Waals surface area contributed by atoms with Crippen molar-refractivity contribution in [1.82, 2.24) is 15.1 Å². The van der Waals surface area contributed by atoms with Crippen LogP contribution < -0.4 is 0 Å². The summed E-state index contributed by atoms with van der Waals surface area (Å²) >= 11 is 5.80. The van der Waals surface area contributed by atoms with Crippen LogP contribution in [-0.2, 0) is 17.8 Å². The first-order chi connectivity index (χ1) is 8.65. The predicted octanol–water partition coefficient (Wildman–Crippen LogP) is 2.26. The molecule has 0 bridgehead atoms. The molecule has 1 aromatic carbocycles. The topological polar surface area (TPSA) is 49.0 Å². The number of carbonyl (C=O) groups is 1. The van der Waals surface area contributed by atoms with E-state index in [9.17, 15) is 4.79 Å². The standard InChI is InChI=1S/C13H14ClN3O/c1-17(9-11-7-15-16-8-11)13(18)6-10-2-4-12(14)5-3-10/h2-5,7-8H,6,9H2,1H3,(H,15,16). The van der Waals surface area contributed by atoms with E-state index in [0.29, 0.717) is 18.0 Å². The molecule has 18 heavy (non-hydrogen) atoms. The van der Waals surface area contributed by atoms with E-state index in [1.807, 2.05) is 12.1 Å². The molecule has 1 amide bonds. The quantitative estimate of drug-likeness (QED) is 0.920. The lowest BCUT2D eigenvalue weighted by Gasteiger charge is -2.16. The largest absolute Gasteiger partial charge is 0.341 e. The Morgan fingerprint density at radius 1 is 1.33 bits per heavy atom. The zero-order valence-electron chi connectivity index (χ0n) is 10.1. The van der Waals surface area contributed by atoms with Crippen molar-refractivity contribution in [2.24, 2.45) is 0 Å². The molecule has 0 atom stereocenters. The predicted molar refractivity (Wildman–Crippen MR) is 70.2 cm³/mol. The third-order valence-electron chi connectivity index (χ3n) is 2.67. The fraction of sp³-hybridized carbons (Fsp3) is 0.231. The number of aromatic amines is 1. The molecule has 0 saturated heterocycles. The van der Waals surface area contributed by atoms with Gasteiger partial charge in [0.2, 0.25) is 5.91 Å². The van der Waals surface area contributed by atoms with Crippen LogP contribution in [-0.4, -0.2) is 28.1 Å². The molecule has 2 rings (SSSR count). The number of aromatic nitrogens is 2. The van der Waals surface area contributed by atoms with Gasteiger partial charge in [-0.1, -0.05) is 23.7 Å². The summed E-state index contributed by atoms with van der Waals surface area (Å²) in [5.41, 5.74) is 1.95. The number of hydrogen-bond acceptors (Lipinski definition) is 2. The van der Waals surface area contributed by atoms with Gasteiger partial charge in [-0.3, -0.25) is 9.89 Å². The molecule has 4 nitrogen and oxygen atoms in total. The second-order valence-electron chi connectivity index (χ2n) is 4.16. The lowest BCUT2D eigenvalue weighted by atomic mass is 10.1. The minimum absolute atomic E-state index is 0.0681. The normalized spacial score (nSPS) is 10.3. The van der Waals surface area contributed by atoms with Crippen molar-refractivity contribution >= 4 is 17.5 Å². The Kier molecular flexibility index (Phi) is 3.99. The fourth-order valence-electron chi connectivity index (χ4n) is 1.64. The van der Waals surface area contributed by atoms with Crippen LogP contribution in [0.15, 0.2) is 36.7 Å². The number of likely N-dealkylation sites (N-methyl/N-ethyl adjacent to an activating group) is 1. The molecule has 1 heterocycles. The van der Waals surface area contributed by atoms with E-state index in [2.05, 4.69) is 10.2 Å². The van der Waals surface area contributed by atoms with E-state index in [0.717, 1.165) is 11.1 Å². The number of nitrogens with zero attached hydrogens (tertiary/aromatic N) is 2. The van der Waals surface area contributed by atoms with Gasteiger partial charge in [0.15, 0.2) is 0 Å². The molecule has 0 saturated carbocycles. The number of amides is 1. The number of H-pyrrole nitrogens is 1. The zero-order valence-corrected chi connectivity index (χ0v) is 10.8. The van der Waals surface area contributed by atoms with Crippen molar-refractivity contribution < 1.29 is 4.79 Å². The van der Waals surface area contributed by atoms with Crippen LogP contribution in [0.2, 0.25) is 5.02 Å². The van der Waals surface area contributed by atoms with Gasteiger partial charge in [-0.05, 0) is 17.7 Å². The van der Waals surface area contributed by atoms with Crippen LogP contribution in [0.1, 0.15) is 11.1 Å². The molecule has 0 aliphatic carbocycles. The third-order valence-corrected chi connectivity index (χ3v) is 2.92. The Morgan fingerprint density at radius 2 is 2.06 bits per heavy atom. The zero-order chi connectivity index (χ0) is 13.0. The highest BCUT2D eigenvalue weighted by Gasteiger charge is 2.10. The molecule has 0 aliphatic heterocycles. The summed E-state index contributed by atoms with van der Waals surface area (Å²) in [4.78, 5) is 13.7. The highest BCUT2D eigenvalue weighted by atomic mass is 35.5. The van der Waals surface area contributed by atoms with Gasteiger partial charge < -0.3 is 4.90 Å². The van der Waals surface area contributed by atoms with Gasteiger partial charge in [-0.2, -0.15) is 5.10 Å². The second kappa shape index (κ2) is 5.69. The van der Waals surface area contributed by atoms with Gasteiger partial charge in [0.05, 0.1) is 12.6 Å². The molecular weight excluding hydrogens is 250 g/mol. The van der Waals surface area contributed by atoms with Crippen molar-refractivity contribution in [3.63, 3.8) is 0 Å². The first-order valence-corrected chi connectivity index (χ1v) is 5.99. The fourth-order valence-corrected chi connectivity index (χ4v) is 1.76. The number of halogens is 1. The average Bonchev–Trinajstić information content (AvgIpc) is 2.85. The van der Waals surface area contributed by atoms with Crippen LogP contribution in [0.4, 0.5) is 0 Å². The van der Waals surface area contributed by atoms with Crippen LogP contribution in [0.5, 0.6) is 0 Å². The smallest absolute Gasteiger partial charge is 0.227 e. The summed E-state index contributed by atoms with van der Waals surface area (Å²) in [6.07, 6.45) is 3.88. The average molecular weight is 264 g/mol. The Balaban J connectivity index is 1.93. The minimum atomic E-state index is 0.0681. The summed E-state index contributed by atoms with van der Waals surface area (Å²) in [6, 6.07) is 7.32. The van der Waals surface area contributed by atoms with Crippen molar-refractivity contribution in [2.45, 2.75) is 13.0 Å². The van der Waals surface area contributed by atoms with Gasteiger partial charge in [-0.15, -0.1) is 0 Å². The van der Waals surface area contributed by atoms with E-state index in [-0.39, 0.29) is 5.91 Å². The molecule has 94 valence electrons. The molecule has 0 spiro atoms. The number of hydrogen-bond donors (Lipinski definition) is 1. The second-order valence-corrected chi connectivity index (χ2v) is 4.60. The molecule has 0 unspecified atom stereocenters. The number of nitrogens with one attached hydrogen (secondary N) is 1. The SMILES string of the molecule is CN(Cc1cn[nH]c1)C(=O)Cc1ccc(Cl)cc1. The van der Waals surface area contributed by atoms with Crippen LogP contribution in [0.25, 0.3) is 0 Å². The van der Waals surface area contributed by atoms with Crippen molar-refractivity contribution in [3.8, 4) is 0 Å². The maximum Gasteiger partial charge on any atom is 0.227 e. The monoisotopic (exact) mass is 263 g/mol. The van der Waals surface area contributed by atoms with Gasteiger partial charge in [0, 0.05) is 30.4 Å². The summed E-state index contributed by atoms with van der Waals surface area (Å²) in [7, 11) is 1.78. The van der Waals surface area contributed by atoms with Crippen LogP contribution in [0, 0.1) is 0 Å². The van der Waals surface area contributed by atoms with Crippen molar-refractivity contribution in [3.05, 3.63) is 52.8 Å². The minimum Gasteiger partial charge on any atom is -0.341 e. The Hall–Kier alpha value is -1.81. The number of rotatable bonds is 4. The maximum absolute atomic E-state index is 12.0. The van der Waals surface area contributed by atoms with Gasteiger partial charge in [-0.25, -0.2) is 0 Å². The molecule has 1 N–H and O–H groups in total. The van der Waals surface area contributed by atoms with E-state index in [4.69, 9.17) is 11.6 Å². The van der Waals surface area contributed by atoms with Gasteiger partial charge in [0.1, 0.15) is 0 Å². The van der Waals surface area contributed by atoms with E-state index in [1.165, 1.54) is 0 Å². The summed E-state index contributed by atoms with van der Waals surface area (Å²) in [5.74, 6) is 0.0681. The third kappa shape index (κ3) is 3.34. The first kappa shape index (κ1) is 12.6. The highest BCUT2D eigenvalue weighted by molar-refractivity contribution is 6.30. The molecular formula is C13H14ClN3O. The number of carbonyl (C=O) groups excluding carboxylic acids is 1. The van der Waals surface area contributed by atoms with E-state index in [1.54, 1.807) is 36.5 Å².